The van der Waals surface area contributed by atoms with Gasteiger partial charge in [-0.1, -0.05) is 20.4 Å². The summed E-state index contributed by atoms with van der Waals surface area (Å²) in [6, 6.07) is 0. The average molecular weight is 318 g/mol. The van der Waals surface area contributed by atoms with Crippen molar-refractivity contribution in [2.75, 3.05) is 18.4 Å². The monoisotopic (exact) mass is 318 g/mol. The minimum absolute atomic E-state index is 0.0166. The lowest BCUT2D eigenvalue weighted by molar-refractivity contribution is -0.130. The number of likely N-dealkylation sites (tertiary alicyclic amines) is 1. The first-order valence-corrected chi connectivity index (χ1v) is 8.17. The highest BCUT2D eigenvalue weighted by atomic mass is 16.2. The largest absolute Gasteiger partial charge is 0.339 e. The van der Waals surface area contributed by atoms with Gasteiger partial charge in [-0.3, -0.25) is 14.3 Å². The number of carbonyl (C=O) groups is 2. The first kappa shape index (κ1) is 17.2. The first-order chi connectivity index (χ1) is 10.9. The number of rotatable bonds is 5. The van der Waals surface area contributed by atoms with Crippen LogP contribution >= 0.6 is 0 Å². The second-order valence-corrected chi connectivity index (χ2v) is 6.51. The molecule has 0 spiro atoms. The third kappa shape index (κ3) is 4.21. The van der Waals surface area contributed by atoms with Crippen LogP contribution in [0, 0.1) is 18.8 Å². The molecule has 1 N–H and O–H groups in total. The standard InChI is InChI=1S/C17H26N4O2/c1-5-16(22)20-8-6-14(7-9-20)17(23)19-15-10-18-21(13(15)4)11-12(2)3/h5,10,12,14H,1,6-9,11H2,2-4H3,(H,19,23). The van der Waals surface area contributed by atoms with Crippen LogP contribution in [0.15, 0.2) is 18.9 Å². The summed E-state index contributed by atoms with van der Waals surface area (Å²) in [5, 5.41) is 7.32. The van der Waals surface area contributed by atoms with Crippen molar-refractivity contribution in [3.05, 3.63) is 24.5 Å². The molecule has 1 aliphatic rings. The smallest absolute Gasteiger partial charge is 0.245 e. The normalized spacial score (nSPS) is 15.7. The van der Waals surface area contributed by atoms with Gasteiger partial charge in [0.2, 0.25) is 11.8 Å². The Kier molecular flexibility index (Phi) is 5.58. The summed E-state index contributed by atoms with van der Waals surface area (Å²) in [6.45, 7) is 11.8. The number of carbonyl (C=O) groups excluding carboxylic acids is 2. The molecular formula is C17H26N4O2. The highest BCUT2D eigenvalue weighted by Crippen LogP contribution is 2.21. The molecule has 0 aliphatic carbocycles. The lowest BCUT2D eigenvalue weighted by Gasteiger charge is -2.30. The van der Waals surface area contributed by atoms with Gasteiger partial charge in [0.1, 0.15) is 0 Å². The van der Waals surface area contributed by atoms with Gasteiger partial charge in [-0.15, -0.1) is 0 Å². The van der Waals surface area contributed by atoms with E-state index in [0.717, 1.165) is 17.9 Å². The van der Waals surface area contributed by atoms with Gasteiger partial charge in [0.25, 0.3) is 0 Å². The number of anilines is 1. The molecule has 126 valence electrons. The van der Waals surface area contributed by atoms with Crippen LogP contribution in [0.1, 0.15) is 32.4 Å². The van der Waals surface area contributed by atoms with Crippen molar-refractivity contribution in [3.63, 3.8) is 0 Å². The zero-order chi connectivity index (χ0) is 17.0. The number of piperidine rings is 1. The Morgan fingerprint density at radius 3 is 2.65 bits per heavy atom. The second kappa shape index (κ2) is 7.44. The van der Waals surface area contributed by atoms with Crippen molar-refractivity contribution in [1.29, 1.82) is 0 Å². The molecule has 0 bridgehead atoms. The molecule has 1 fully saturated rings. The number of hydrogen-bond donors (Lipinski definition) is 1. The molecule has 2 amide bonds. The second-order valence-electron chi connectivity index (χ2n) is 6.51. The molecule has 2 rings (SSSR count). The van der Waals surface area contributed by atoms with Crippen LogP contribution in [0.3, 0.4) is 0 Å². The van der Waals surface area contributed by atoms with Crippen molar-refractivity contribution in [1.82, 2.24) is 14.7 Å². The fourth-order valence-corrected chi connectivity index (χ4v) is 2.83. The van der Waals surface area contributed by atoms with E-state index < -0.39 is 0 Å². The molecule has 1 aromatic heterocycles. The van der Waals surface area contributed by atoms with Gasteiger partial charge in [0.15, 0.2) is 0 Å². The molecule has 6 heteroatoms. The highest BCUT2D eigenvalue weighted by molar-refractivity contribution is 5.93. The molecule has 0 atom stereocenters. The Balaban J connectivity index is 1.92. The van der Waals surface area contributed by atoms with Crippen molar-refractivity contribution in [3.8, 4) is 0 Å². The van der Waals surface area contributed by atoms with E-state index in [9.17, 15) is 9.59 Å². The molecule has 6 nitrogen and oxygen atoms in total. The van der Waals surface area contributed by atoms with Crippen LogP contribution in [0.2, 0.25) is 0 Å². The van der Waals surface area contributed by atoms with Gasteiger partial charge in [-0.2, -0.15) is 5.10 Å². The predicted octanol–water partition coefficient (Wildman–Crippen LogP) is 2.21. The Labute approximate surface area is 137 Å². The summed E-state index contributed by atoms with van der Waals surface area (Å²) < 4.78 is 1.92. The zero-order valence-corrected chi connectivity index (χ0v) is 14.2. The van der Waals surface area contributed by atoms with Crippen LogP contribution in [0.5, 0.6) is 0 Å². The quantitative estimate of drug-likeness (QED) is 0.846. The van der Waals surface area contributed by atoms with Gasteiger partial charge in [-0.25, -0.2) is 0 Å². The molecule has 23 heavy (non-hydrogen) atoms. The van der Waals surface area contributed by atoms with E-state index in [1.165, 1.54) is 6.08 Å². The summed E-state index contributed by atoms with van der Waals surface area (Å²) >= 11 is 0. The summed E-state index contributed by atoms with van der Waals surface area (Å²) in [5.41, 5.74) is 1.76. The molecule has 0 radical (unpaired) electrons. The van der Waals surface area contributed by atoms with Gasteiger partial charge >= 0.3 is 0 Å². The predicted molar refractivity (Wildman–Crippen MR) is 89.9 cm³/mol. The average Bonchev–Trinajstić information content (AvgIpc) is 2.86. The van der Waals surface area contributed by atoms with Crippen LogP contribution in [-0.2, 0) is 16.1 Å². The molecule has 0 unspecified atom stereocenters. The van der Waals surface area contributed by atoms with Crippen molar-refractivity contribution >= 4 is 17.5 Å². The van der Waals surface area contributed by atoms with Crippen LogP contribution in [-0.4, -0.2) is 39.6 Å². The minimum Gasteiger partial charge on any atom is -0.339 e. The van der Waals surface area contributed by atoms with E-state index in [2.05, 4.69) is 30.8 Å². The summed E-state index contributed by atoms with van der Waals surface area (Å²) in [7, 11) is 0. The van der Waals surface area contributed by atoms with Crippen molar-refractivity contribution < 1.29 is 9.59 Å². The Morgan fingerprint density at radius 1 is 1.43 bits per heavy atom. The number of aromatic nitrogens is 2. The van der Waals surface area contributed by atoms with Gasteiger partial charge < -0.3 is 10.2 Å². The maximum absolute atomic E-state index is 12.4. The van der Waals surface area contributed by atoms with E-state index in [1.54, 1.807) is 11.1 Å². The third-order valence-electron chi connectivity index (χ3n) is 4.25. The minimum atomic E-state index is -0.0605. The molecule has 0 saturated carbocycles. The number of nitrogens with one attached hydrogen (secondary N) is 1. The summed E-state index contributed by atoms with van der Waals surface area (Å²) in [5.74, 6) is 0.401. The Bertz CT molecular complexity index is 583. The fraction of sp³-hybridized carbons (Fsp3) is 0.588. The number of amides is 2. The van der Waals surface area contributed by atoms with Gasteiger partial charge in [-0.05, 0) is 31.8 Å². The highest BCUT2D eigenvalue weighted by Gasteiger charge is 2.27. The van der Waals surface area contributed by atoms with Crippen LogP contribution in [0.25, 0.3) is 0 Å². The van der Waals surface area contributed by atoms with E-state index >= 15 is 0 Å². The Hall–Kier alpha value is -2.11. The first-order valence-electron chi connectivity index (χ1n) is 8.17. The molecule has 1 aliphatic heterocycles. The lowest BCUT2D eigenvalue weighted by atomic mass is 9.95. The van der Waals surface area contributed by atoms with Crippen LogP contribution in [0.4, 0.5) is 5.69 Å². The Morgan fingerprint density at radius 2 is 2.09 bits per heavy atom. The number of hydrogen-bond acceptors (Lipinski definition) is 3. The summed E-state index contributed by atoms with van der Waals surface area (Å²) in [4.78, 5) is 25.7. The molecule has 1 aromatic rings. The maximum Gasteiger partial charge on any atom is 0.245 e. The fourth-order valence-electron chi connectivity index (χ4n) is 2.83. The van der Waals surface area contributed by atoms with Crippen LogP contribution < -0.4 is 5.32 Å². The topological polar surface area (TPSA) is 67.2 Å². The van der Waals surface area contributed by atoms with Crippen molar-refractivity contribution in [2.45, 2.75) is 40.2 Å². The molecule has 1 saturated heterocycles. The lowest BCUT2D eigenvalue weighted by Crippen LogP contribution is -2.40. The molecular weight excluding hydrogens is 292 g/mol. The van der Waals surface area contributed by atoms with E-state index in [-0.39, 0.29) is 17.7 Å². The summed E-state index contributed by atoms with van der Waals surface area (Å²) in [6.07, 6.45) is 4.41. The zero-order valence-electron chi connectivity index (χ0n) is 14.2. The van der Waals surface area contributed by atoms with E-state index in [1.807, 2.05) is 11.6 Å². The maximum atomic E-state index is 12.4. The molecule has 2 heterocycles. The molecule has 0 aromatic carbocycles. The number of nitrogens with zero attached hydrogens (tertiary/aromatic N) is 3. The van der Waals surface area contributed by atoms with E-state index in [0.29, 0.717) is 31.8 Å². The van der Waals surface area contributed by atoms with Gasteiger partial charge in [0, 0.05) is 25.6 Å². The SMILES string of the molecule is C=CC(=O)N1CCC(C(=O)Nc2cnn(CC(C)C)c2C)CC1. The third-order valence-corrected chi connectivity index (χ3v) is 4.25. The van der Waals surface area contributed by atoms with Gasteiger partial charge in [0.05, 0.1) is 17.6 Å². The van der Waals surface area contributed by atoms with Crippen molar-refractivity contribution in [2.24, 2.45) is 11.8 Å². The van der Waals surface area contributed by atoms with E-state index in [4.69, 9.17) is 0 Å².